The van der Waals surface area contributed by atoms with Crippen LogP contribution in [0.25, 0.3) is 88.7 Å². The summed E-state index contributed by atoms with van der Waals surface area (Å²) < 4.78 is 0. The van der Waals surface area contributed by atoms with Gasteiger partial charge in [0, 0.05) is 35.3 Å². The molecule has 0 amide bonds. The molecule has 0 unspecified atom stereocenters. The summed E-state index contributed by atoms with van der Waals surface area (Å²) >= 11 is 0. The van der Waals surface area contributed by atoms with Crippen LogP contribution in [-0.2, 0) is 25.7 Å². The van der Waals surface area contributed by atoms with E-state index in [1.165, 1.54) is 88.3 Å². The Kier molecular flexibility index (Phi) is 12.0. The fourth-order valence-electron chi connectivity index (χ4n) is 9.77. The number of fused-ring (bicyclic) bond motifs is 3. The summed E-state index contributed by atoms with van der Waals surface area (Å²) in [4.78, 5) is 14.2. The summed E-state index contributed by atoms with van der Waals surface area (Å²) in [6.45, 7) is 6.28. The van der Waals surface area contributed by atoms with E-state index in [1.54, 1.807) is 0 Å². The Balaban J connectivity index is 0.974. The van der Waals surface area contributed by atoms with Crippen molar-refractivity contribution < 1.29 is 0 Å². The summed E-state index contributed by atoms with van der Waals surface area (Å²) in [5.41, 5.74) is 22.4. The van der Waals surface area contributed by atoms with Crippen LogP contribution in [0.1, 0.15) is 38.9 Å². The molecule has 0 atom stereocenters. The number of hydrogen-bond acceptors (Lipinski definition) is 3. The van der Waals surface area contributed by atoms with Crippen molar-refractivity contribution in [3.63, 3.8) is 0 Å². The van der Waals surface area contributed by atoms with E-state index in [-0.39, 0.29) is 0 Å². The second-order valence-corrected chi connectivity index (χ2v) is 18.6. The van der Waals surface area contributed by atoms with Gasteiger partial charge in [0.15, 0.2) is 0 Å². The van der Waals surface area contributed by atoms with Crippen LogP contribution in [0.15, 0.2) is 219 Å². The summed E-state index contributed by atoms with van der Waals surface area (Å²) in [5.74, 6) is 0. The molecule has 332 valence electrons. The average Bonchev–Trinajstić information content (AvgIpc) is 3.40. The van der Waals surface area contributed by atoms with Crippen LogP contribution in [0.3, 0.4) is 0 Å². The van der Waals surface area contributed by atoms with Crippen molar-refractivity contribution in [1.29, 1.82) is 0 Å². The Labute approximate surface area is 405 Å². The van der Waals surface area contributed by atoms with Gasteiger partial charge in [0.2, 0.25) is 0 Å². The highest BCUT2D eigenvalue weighted by Crippen LogP contribution is 2.42. The highest BCUT2D eigenvalue weighted by Gasteiger charge is 2.17. The van der Waals surface area contributed by atoms with Gasteiger partial charge in [-0.05, 0) is 177 Å². The first-order valence-electron chi connectivity index (χ1n) is 24.1. The van der Waals surface area contributed by atoms with Crippen LogP contribution >= 0.6 is 0 Å². The van der Waals surface area contributed by atoms with Crippen molar-refractivity contribution in [3.05, 3.63) is 258 Å². The first-order valence-corrected chi connectivity index (χ1v) is 24.1. The lowest BCUT2D eigenvalue weighted by Gasteiger charge is -2.18. The molecule has 0 aliphatic rings. The number of nitrogens with zero attached hydrogens (tertiary/aromatic N) is 3. The van der Waals surface area contributed by atoms with E-state index in [9.17, 15) is 0 Å². The van der Waals surface area contributed by atoms with Gasteiger partial charge in [-0.3, -0.25) is 15.0 Å². The second-order valence-electron chi connectivity index (χ2n) is 18.6. The van der Waals surface area contributed by atoms with Crippen molar-refractivity contribution in [2.24, 2.45) is 0 Å². The average molecular weight is 888 g/mol. The van der Waals surface area contributed by atoms with Gasteiger partial charge in [0.25, 0.3) is 0 Å². The molecule has 3 heteroatoms. The van der Waals surface area contributed by atoms with Crippen LogP contribution < -0.4 is 0 Å². The Morgan fingerprint density at radius 1 is 0.290 bits per heavy atom. The molecular formula is C66H53N3. The second kappa shape index (κ2) is 19.1. The van der Waals surface area contributed by atoms with Gasteiger partial charge >= 0.3 is 0 Å². The number of rotatable bonds is 12. The van der Waals surface area contributed by atoms with Crippen molar-refractivity contribution in [2.75, 3.05) is 0 Å². The third-order valence-electron chi connectivity index (χ3n) is 13.6. The monoisotopic (exact) mass is 887 g/mol. The van der Waals surface area contributed by atoms with E-state index in [2.05, 4.69) is 225 Å². The van der Waals surface area contributed by atoms with Gasteiger partial charge in [-0.1, -0.05) is 164 Å². The zero-order valence-electron chi connectivity index (χ0n) is 39.5. The lowest BCUT2D eigenvalue weighted by Crippen LogP contribution is -1.98. The molecule has 3 aromatic heterocycles. The maximum Gasteiger partial charge on any atom is 0.0704 e. The Bertz CT molecular complexity index is 3610. The fourth-order valence-corrected chi connectivity index (χ4v) is 9.77. The van der Waals surface area contributed by atoms with Crippen LogP contribution in [0.5, 0.6) is 0 Å². The molecule has 11 aromatic rings. The summed E-state index contributed by atoms with van der Waals surface area (Å²) in [6.07, 6.45) is 9.53. The third kappa shape index (κ3) is 9.50. The highest BCUT2D eigenvalue weighted by molar-refractivity contribution is 6.09. The maximum absolute atomic E-state index is 4.87. The molecule has 0 spiro atoms. The molecule has 8 aromatic carbocycles. The standard InChI is InChI=1S/C66H53N3/c1-44-34-35-67-66(36-44)53-24-20-48(21-25-53)15-17-50-37-49(16-14-47-18-22-52(23-19-47)64-32-12-45(2)42-68-64)38-57(39-50)59-10-6-7-11-61(59)62-31-29-56(65-33-13-46(3)43-69-65)41-63(62)55-28-30-60-54(40-55)27-26-51-8-4-5-9-58(51)60/h4-13,18-43H,14-17H2,1-3H3. The summed E-state index contributed by atoms with van der Waals surface area (Å²) in [5, 5.41) is 5.01. The van der Waals surface area contributed by atoms with Crippen LogP contribution in [0.2, 0.25) is 0 Å². The lowest BCUT2D eigenvalue weighted by atomic mass is 9.86. The molecule has 0 fully saturated rings. The normalized spacial score (nSPS) is 11.3. The van der Waals surface area contributed by atoms with Crippen molar-refractivity contribution in [1.82, 2.24) is 15.0 Å². The predicted octanol–water partition coefficient (Wildman–Crippen LogP) is 16.7. The van der Waals surface area contributed by atoms with Gasteiger partial charge in [-0.15, -0.1) is 0 Å². The quantitative estimate of drug-likeness (QED) is 0.115. The van der Waals surface area contributed by atoms with E-state index < -0.39 is 0 Å². The molecule has 0 bridgehead atoms. The molecule has 0 saturated heterocycles. The third-order valence-corrected chi connectivity index (χ3v) is 13.6. The predicted molar refractivity (Wildman–Crippen MR) is 289 cm³/mol. The van der Waals surface area contributed by atoms with Crippen LogP contribution in [0.4, 0.5) is 0 Å². The largest absolute Gasteiger partial charge is 0.256 e. The minimum Gasteiger partial charge on any atom is -0.256 e. The number of hydrogen-bond donors (Lipinski definition) is 0. The molecule has 3 heterocycles. The van der Waals surface area contributed by atoms with Crippen molar-refractivity contribution >= 4 is 21.5 Å². The lowest BCUT2D eigenvalue weighted by molar-refractivity contribution is 0.931. The van der Waals surface area contributed by atoms with E-state index in [4.69, 9.17) is 4.98 Å². The van der Waals surface area contributed by atoms with Crippen LogP contribution in [-0.4, -0.2) is 15.0 Å². The minimum absolute atomic E-state index is 0.929. The Morgan fingerprint density at radius 3 is 1.51 bits per heavy atom. The van der Waals surface area contributed by atoms with Gasteiger partial charge in [0.1, 0.15) is 0 Å². The molecule has 69 heavy (non-hydrogen) atoms. The van der Waals surface area contributed by atoms with Gasteiger partial charge in [-0.25, -0.2) is 0 Å². The minimum atomic E-state index is 0.929. The molecule has 0 aliphatic carbocycles. The summed E-state index contributed by atoms with van der Waals surface area (Å²) in [7, 11) is 0. The van der Waals surface area contributed by atoms with Gasteiger partial charge in [-0.2, -0.15) is 0 Å². The zero-order valence-corrected chi connectivity index (χ0v) is 39.5. The van der Waals surface area contributed by atoms with Crippen molar-refractivity contribution in [3.8, 4) is 67.2 Å². The fraction of sp³-hybridized carbons (Fsp3) is 0.106. The van der Waals surface area contributed by atoms with E-state index in [1.807, 2.05) is 24.7 Å². The van der Waals surface area contributed by atoms with Gasteiger partial charge < -0.3 is 0 Å². The molecule has 0 radical (unpaired) electrons. The van der Waals surface area contributed by atoms with E-state index >= 15 is 0 Å². The first-order chi connectivity index (χ1) is 33.9. The SMILES string of the molecule is Cc1ccc(-c2ccc(CCc3cc(CCc4ccc(-c5cc(C)ccn5)cc4)cc(-c4ccccc4-c4ccc(-c5ccc(C)cn5)cc4-c4ccc5c(ccc6ccccc65)c4)c3)cc2)nc1. The number of benzene rings is 8. The first kappa shape index (κ1) is 43.3. The van der Waals surface area contributed by atoms with Crippen LogP contribution in [0, 0.1) is 20.8 Å². The molecule has 0 saturated carbocycles. The zero-order chi connectivity index (χ0) is 46.7. The molecule has 0 aliphatic heterocycles. The summed E-state index contributed by atoms with van der Waals surface area (Å²) in [6, 6.07) is 73.9. The molecule has 0 N–H and O–H groups in total. The smallest absolute Gasteiger partial charge is 0.0704 e. The topological polar surface area (TPSA) is 38.7 Å². The van der Waals surface area contributed by atoms with E-state index in [0.717, 1.165) is 65.0 Å². The Morgan fingerprint density at radius 2 is 0.841 bits per heavy atom. The van der Waals surface area contributed by atoms with Crippen molar-refractivity contribution in [2.45, 2.75) is 46.5 Å². The molecular weight excluding hydrogens is 835 g/mol. The van der Waals surface area contributed by atoms with E-state index in [0.29, 0.717) is 0 Å². The van der Waals surface area contributed by atoms with Gasteiger partial charge in [0.05, 0.1) is 17.1 Å². The molecule has 11 rings (SSSR count). The number of aryl methyl sites for hydroxylation is 7. The molecule has 3 nitrogen and oxygen atoms in total. The highest BCUT2D eigenvalue weighted by atomic mass is 14.7. The number of pyridine rings is 3. The Hall–Kier alpha value is -8.27. The number of aromatic nitrogens is 3. The maximum atomic E-state index is 4.87.